The third kappa shape index (κ3) is 3.30. The Labute approximate surface area is 122 Å². The van der Waals surface area contributed by atoms with Gasteiger partial charge < -0.3 is 5.11 Å². The number of aliphatic hydroxyl groups excluding tert-OH is 1. The van der Waals surface area contributed by atoms with Crippen molar-refractivity contribution in [3.05, 3.63) is 41.2 Å². The van der Waals surface area contributed by atoms with Crippen molar-refractivity contribution in [3.8, 4) is 0 Å². The second-order valence-corrected chi connectivity index (χ2v) is 6.34. The van der Waals surface area contributed by atoms with Crippen molar-refractivity contribution >= 4 is 27.3 Å². The number of nitrogens with one attached hydrogen (secondary N) is 1. The lowest BCUT2D eigenvalue weighted by molar-refractivity contribution is 0.269. The molecule has 1 aromatic heterocycles. The zero-order valence-corrected chi connectivity index (χ0v) is 12.3. The zero-order valence-electron chi connectivity index (χ0n) is 10.7. The predicted octanol–water partition coefficient (Wildman–Crippen LogP) is 1.64. The van der Waals surface area contributed by atoms with Crippen LogP contribution in [0.25, 0.3) is 0 Å². The van der Waals surface area contributed by atoms with Crippen LogP contribution in [-0.4, -0.2) is 29.9 Å². The molecule has 0 bridgehead atoms. The Balaban J connectivity index is 2.28. The SMILES string of the molecule is Cc1ccc(Cl)c(NS(=O)(=O)c2cnn(CCO)c2)c1. The number of aliphatic hydroxyl groups is 1. The van der Waals surface area contributed by atoms with Gasteiger partial charge in [0.2, 0.25) is 0 Å². The van der Waals surface area contributed by atoms with E-state index in [-0.39, 0.29) is 18.0 Å². The lowest BCUT2D eigenvalue weighted by Gasteiger charge is -2.08. The number of hydrogen-bond donors (Lipinski definition) is 2. The highest BCUT2D eigenvalue weighted by Gasteiger charge is 2.18. The van der Waals surface area contributed by atoms with Crippen LogP contribution in [0.15, 0.2) is 35.5 Å². The second-order valence-electron chi connectivity index (χ2n) is 4.25. The Kier molecular flexibility index (Phi) is 4.32. The minimum Gasteiger partial charge on any atom is -0.394 e. The maximum absolute atomic E-state index is 12.2. The number of anilines is 1. The molecule has 6 nitrogen and oxygen atoms in total. The first kappa shape index (κ1) is 14.8. The Morgan fingerprint density at radius 2 is 2.20 bits per heavy atom. The average molecular weight is 316 g/mol. The first-order valence-electron chi connectivity index (χ1n) is 5.84. The molecule has 1 aromatic carbocycles. The first-order chi connectivity index (χ1) is 9.42. The molecule has 2 N–H and O–H groups in total. The van der Waals surface area contributed by atoms with Gasteiger partial charge in [-0.05, 0) is 24.6 Å². The van der Waals surface area contributed by atoms with E-state index in [1.807, 2.05) is 6.92 Å². The van der Waals surface area contributed by atoms with Gasteiger partial charge in [-0.15, -0.1) is 0 Å². The summed E-state index contributed by atoms with van der Waals surface area (Å²) in [5, 5.41) is 13.0. The monoisotopic (exact) mass is 315 g/mol. The molecule has 0 aliphatic carbocycles. The quantitative estimate of drug-likeness (QED) is 0.878. The van der Waals surface area contributed by atoms with E-state index < -0.39 is 10.0 Å². The maximum atomic E-state index is 12.2. The molecule has 0 spiro atoms. The number of halogens is 1. The lowest BCUT2D eigenvalue weighted by atomic mass is 10.2. The van der Waals surface area contributed by atoms with Crippen LogP contribution in [0.5, 0.6) is 0 Å². The summed E-state index contributed by atoms with van der Waals surface area (Å²) in [6.45, 7) is 1.96. The molecular weight excluding hydrogens is 302 g/mol. The van der Waals surface area contributed by atoms with E-state index in [4.69, 9.17) is 16.7 Å². The van der Waals surface area contributed by atoms with Crippen molar-refractivity contribution in [1.82, 2.24) is 9.78 Å². The average Bonchev–Trinajstić information content (AvgIpc) is 2.83. The highest BCUT2D eigenvalue weighted by Crippen LogP contribution is 2.25. The highest BCUT2D eigenvalue weighted by molar-refractivity contribution is 7.92. The van der Waals surface area contributed by atoms with Gasteiger partial charge in [0, 0.05) is 6.20 Å². The molecule has 0 aliphatic heterocycles. The van der Waals surface area contributed by atoms with Gasteiger partial charge in [0.25, 0.3) is 10.0 Å². The molecule has 2 aromatic rings. The molecular formula is C12H14ClN3O3S. The fourth-order valence-corrected chi connectivity index (χ4v) is 2.87. The number of aryl methyl sites for hydroxylation is 1. The van der Waals surface area contributed by atoms with E-state index in [9.17, 15) is 8.42 Å². The van der Waals surface area contributed by atoms with Crippen molar-refractivity contribution in [2.24, 2.45) is 0 Å². The van der Waals surface area contributed by atoms with Crippen LogP contribution >= 0.6 is 11.6 Å². The third-order valence-corrected chi connectivity index (χ3v) is 4.26. The van der Waals surface area contributed by atoms with E-state index >= 15 is 0 Å². The van der Waals surface area contributed by atoms with E-state index in [2.05, 4.69) is 9.82 Å². The molecule has 108 valence electrons. The van der Waals surface area contributed by atoms with Crippen LogP contribution in [-0.2, 0) is 16.6 Å². The minimum atomic E-state index is -3.75. The molecule has 20 heavy (non-hydrogen) atoms. The maximum Gasteiger partial charge on any atom is 0.265 e. The normalized spacial score (nSPS) is 11.6. The van der Waals surface area contributed by atoms with Gasteiger partial charge in [-0.1, -0.05) is 17.7 Å². The minimum absolute atomic E-state index is 0.0172. The Hall–Kier alpha value is -1.57. The van der Waals surface area contributed by atoms with Gasteiger partial charge in [-0.25, -0.2) is 8.42 Å². The predicted molar refractivity (Wildman–Crippen MR) is 76.3 cm³/mol. The summed E-state index contributed by atoms with van der Waals surface area (Å²) in [5.41, 5.74) is 1.21. The van der Waals surface area contributed by atoms with Crippen LogP contribution in [0.2, 0.25) is 5.02 Å². The summed E-state index contributed by atoms with van der Waals surface area (Å²) in [5.74, 6) is 0. The molecule has 0 aliphatic rings. The number of rotatable bonds is 5. The first-order valence-corrected chi connectivity index (χ1v) is 7.71. The standard InChI is InChI=1S/C12H14ClN3O3S/c1-9-2-3-11(13)12(6-9)15-20(18,19)10-7-14-16(8-10)4-5-17/h2-3,6-8,15,17H,4-5H2,1H3. The number of benzene rings is 1. The summed E-state index contributed by atoms with van der Waals surface area (Å²) in [4.78, 5) is 0.0172. The van der Waals surface area contributed by atoms with Gasteiger partial charge in [0.1, 0.15) is 4.90 Å². The summed E-state index contributed by atoms with van der Waals surface area (Å²) in [6, 6.07) is 5.07. The molecule has 0 fully saturated rings. The van der Waals surface area contributed by atoms with Gasteiger partial charge in [-0.3, -0.25) is 9.40 Å². The summed E-state index contributed by atoms with van der Waals surface area (Å²) in [7, 11) is -3.75. The number of nitrogens with zero attached hydrogens (tertiary/aromatic N) is 2. The fourth-order valence-electron chi connectivity index (χ4n) is 1.63. The number of sulfonamides is 1. The molecule has 8 heteroatoms. The van der Waals surface area contributed by atoms with Crippen LogP contribution in [0.1, 0.15) is 5.56 Å². The molecule has 0 atom stereocenters. The van der Waals surface area contributed by atoms with E-state index in [0.717, 1.165) is 5.56 Å². The van der Waals surface area contributed by atoms with Gasteiger partial charge in [-0.2, -0.15) is 5.10 Å². The van der Waals surface area contributed by atoms with E-state index in [1.54, 1.807) is 18.2 Å². The molecule has 1 heterocycles. The van der Waals surface area contributed by atoms with Crippen LogP contribution < -0.4 is 4.72 Å². The van der Waals surface area contributed by atoms with Gasteiger partial charge in [0.05, 0.1) is 30.1 Å². The van der Waals surface area contributed by atoms with Gasteiger partial charge >= 0.3 is 0 Å². The van der Waals surface area contributed by atoms with Crippen molar-refractivity contribution < 1.29 is 13.5 Å². The van der Waals surface area contributed by atoms with Crippen molar-refractivity contribution in [1.29, 1.82) is 0 Å². The number of hydrogen-bond acceptors (Lipinski definition) is 4. The van der Waals surface area contributed by atoms with Crippen LogP contribution in [0.4, 0.5) is 5.69 Å². The summed E-state index contributed by atoms with van der Waals surface area (Å²) in [6.07, 6.45) is 2.57. The van der Waals surface area contributed by atoms with E-state index in [0.29, 0.717) is 10.7 Å². The fraction of sp³-hybridized carbons (Fsp3) is 0.250. The second kappa shape index (κ2) is 5.82. The van der Waals surface area contributed by atoms with Crippen molar-refractivity contribution in [2.75, 3.05) is 11.3 Å². The molecule has 0 saturated carbocycles. The lowest BCUT2D eigenvalue weighted by Crippen LogP contribution is -2.13. The molecule has 0 amide bonds. The highest BCUT2D eigenvalue weighted by atomic mass is 35.5. The van der Waals surface area contributed by atoms with E-state index in [1.165, 1.54) is 17.1 Å². The molecule has 0 radical (unpaired) electrons. The molecule has 0 saturated heterocycles. The van der Waals surface area contributed by atoms with Gasteiger partial charge in [0.15, 0.2) is 0 Å². The smallest absolute Gasteiger partial charge is 0.265 e. The Morgan fingerprint density at radius 3 is 2.90 bits per heavy atom. The number of aromatic nitrogens is 2. The third-order valence-electron chi connectivity index (χ3n) is 2.62. The van der Waals surface area contributed by atoms with Crippen LogP contribution in [0.3, 0.4) is 0 Å². The Morgan fingerprint density at radius 1 is 1.45 bits per heavy atom. The molecule has 0 unspecified atom stereocenters. The largest absolute Gasteiger partial charge is 0.394 e. The summed E-state index contributed by atoms with van der Waals surface area (Å²) < 4.78 is 28.2. The molecule has 2 rings (SSSR count). The topological polar surface area (TPSA) is 84.2 Å². The zero-order chi connectivity index (χ0) is 14.8. The Bertz CT molecular complexity index is 712. The van der Waals surface area contributed by atoms with Crippen LogP contribution in [0, 0.1) is 6.92 Å². The summed E-state index contributed by atoms with van der Waals surface area (Å²) >= 11 is 5.96. The van der Waals surface area contributed by atoms with Crippen molar-refractivity contribution in [2.45, 2.75) is 18.4 Å². The van der Waals surface area contributed by atoms with Crippen molar-refractivity contribution in [3.63, 3.8) is 0 Å².